The standard InChI is InChI=1S/C25H22O5/c1-2-27-17-21-20-13-7-9-15-23(20)30-24(21)25(26)28-16-18-10-6-8-14-22(18)29-19-11-4-3-5-12-19/h3-15H,2,16-17H2,1H3. The zero-order valence-corrected chi connectivity index (χ0v) is 16.7. The van der Waals surface area contributed by atoms with E-state index >= 15 is 0 Å². The highest BCUT2D eigenvalue weighted by molar-refractivity contribution is 5.96. The van der Waals surface area contributed by atoms with E-state index in [1.807, 2.05) is 85.8 Å². The van der Waals surface area contributed by atoms with Crippen molar-refractivity contribution in [2.45, 2.75) is 20.1 Å². The lowest BCUT2D eigenvalue weighted by molar-refractivity contribution is 0.0428. The topological polar surface area (TPSA) is 57.9 Å². The molecule has 152 valence electrons. The molecule has 0 unspecified atom stereocenters. The number of hydrogen-bond donors (Lipinski definition) is 0. The molecule has 1 aromatic heterocycles. The lowest BCUT2D eigenvalue weighted by Crippen LogP contribution is -2.08. The van der Waals surface area contributed by atoms with E-state index in [2.05, 4.69) is 0 Å². The number of benzene rings is 3. The second-order valence-electron chi connectivity index (χ2n) is 6.64. The lowest BCUT2D eigenvalue weighted by Gasteiger charge is -2.11. The molecule has 4 aromatic rings. The summed E-state index contributed by atoms with van der Waals surface area (Å²) in [6.07, 6.45) is 0. The molecule has 0 atom stereocenters. The average molecular weight is 402 g/mol. The molecule has 4 rings (SSSR count). The van der Waals surface area contributed by atoms with Crippen molar-refractivity contribution in [3.8, 4) is 11.5 Å². The lowest BCUT2D eigenvalue weighted by atomic mass is 10.1. The van der Waals surface area contributed by atoms with Crippen molar-refractivity contribution < 1.29 is 23.4 Å². The number of esters is 1. The van der Waals surface area contributed by atoms with Gasteiger partial charge in [0, 0.05) is 23.1 Å². The van der Waals surface area contributed by atoms with Gasteiger partial charge in [-0.3, -0.25) is 0 Å². The quantitative estimate of drug-likeness (QED) is 0.332. The molecule has 0 aliphatic rings. The van der Waals surface area contributed by atoms with Crippen molar-refractivity contribution >= 4 is 16.9 Å². The number of para-hydroxylation sites is 3. The fourth-order valence-corrected chi connectivity index (χ4v) is 3.16. The van der Waals surface area contributed by atoms with E-state index in [1.165, 1.54) is 0 Å². The fourth-order valence-electron chi connectivity index (χ4n) is 3.16. The van der Waals surface area contributed by atoms with Crippen LogP contribution in [0.3, 0.4) is 0 Å². The second kappa shape index (κ2) is 9.29. The first-order valence-corrected chi connectivity index (χ1v) is 9.82. The molecule has 5 nitrogen and oxygen atoms in total. The first-order valence-electron chi connectivity index (χ1n) is 9.82. The van der Waals surface area contributed by atoms with Crippen LogP contribution in [0.1, 0.15) is 28.6 Å². The van der Waals surface area contributed by atoms with E-state index in [9.17, 15) is 4.79 Å². The number of furan rings is 1. The van der Waals surface area contributed by atoms with Gasteiger partial charge in [0.15, 0.2) is 0 Å². The minimum absolute atomic E-state index is 0.0625. The summed E-state index contributed by atoms with van der Waals surface area (Å²) in [6.45, 7) is 2.79. The van der Waals surface area contributed by atoms with Crippen molar-refractivity contribution in [3.05, 3.63) is 95.7 Å². The molecule has 0 saturated carbocycles. The van der Waals surface area contributed by atoms with Gasteiger partial charge in [-0.15, -0.1) is 0 Å². The molecule has 0 radical (unpaired) electrons. The maximum absolute atomic E-state index is 12.8. The third kappa shape index (κ3) is 4.36. The predicted molar refractivity (Wildman–Crippen MR) is 114 cm³/mol. The van der Waals surface area contributed by atoms with Crippen LogP contribution in [-0.4, -0.2) is 12.6 Å². The summed E-state index contributed by atoms with van der Waals surface area (Å²) in [5.74, 6) is 0.990. The Morgan fingerprint density at radius 2 is 1.60 bits per heavy atom. The largest absolute Gasteiger partial charge is 0.457 e. The molecule has 5 heteroatoms. The van der Waals surface area contributed by atoms with Crippen molar-refractivity contribution in [1.82, 2.24) is 0 Å². The third-order valence-corrected chi connectivity index (χ3v) is 4.64. The average Bonchev–Trinajstić information content (AvgIpc) is 3.16. The number of carbonyl (C=O) groups excluding carboxylic acids is 1. The van der Waals surface area contributed by atoms with Crippen molar-refractivity contribution in [2.24, 2.45) is 0 Å². The van der Waals surface area contributed by atoms with Crippen LogP contribution < -0.4 is 4.74 Å². The normalized spacial score (nSPS) is 10.8. The molecule has 0 fully saturated rings. The van der Waals surface area contributed by atoms with Crippen molar-refractivity contribution in [1.29, 1.82) is 0 Å². The summed E-state index contributed by atoms with van der Waals surface area (Å²) >= 11 is 0. The second-order valence-corrected chi connectivity index (χ2v) is 6.64. The summed E-state index contributed by atoms with van der Waals surface area (Å²) in [7, 11) is 0. The number of carbonyl (C=O) groups is 1. The van der Waals surface area contributed by atoms with Crippen LogP contribution >= 0.6 is 0 Å². The van der Waals surface area contributed by atoms with Crippen LogP contribution in [0, 0.1) is 0 Å². The predicted octanol–water partition coefficient (Wildman–Crippen LogP) is 6.12. The highest BCUT2D eigenvalue weighted by atomic mass is 16.5. The molecule has 0 spiro atoms. The van der Waals surface area contributed by atoms with E-state index in [0.29, 0.717) is 29.3 Å². The Hall–Kier alpha value is -3.57. The Morgan fingerprint density at radius 3 is 2.43 bits per heavy atom. The molecule has 0 aliphatic carbocycles. The summed E-state index contributed by atoms with van der Waals surface area (Å²) in [6, 6.07) is 24.4. The fraction of sp³-hybridized carbons (Fsp3) is 0.160. The van der Waals surface area contributed by atoms with Gasteiger partial charge in [0.25, 0.3) is 0 Å². The van der Waals surface area contributed by atoms with E-state index in [4.69, 9.17) is 18.6 Å². The minimum atomic E-state index is -0.532. The molecule has 0 bridgehead atoms. The van der Waals surface area contributed by atoms with E-state index in [0.717, 1.165) is 10.9 Å². The monoisotopic (exact) mass is 402 g/mol. The smallest absolute Gasteiger partial charge is 0.374 e. The molecular weight excluding hydrogens is 380 g/mol. The summed E-state index contributed by atoms with van der Waals surface area (Å²) in [5.41, 5.74) is 2.09. The van der Waals surface area contributed by atoms with Crippen LogP contribution in [0.15, 0.2) is 83.3 Å². The molecule has 3 aromatic carbocycles. The number of rotatable bonds is 8. The molecule has 30 heavy (non-hydrogen) atoms. The number of fused-ring (bicyclic) bond motifs is 1. The Balaban J connectivity index is 1.53. The highest BCUT2D eigenvalue weighted by Gasteiger charge is 2.22. The van der Waals surface area contributed by atoms with Crippen LogP contribution in [0.5, 0.6) is 11.5 Å². The van der Waals surface area contributed by atoms with Gasteiger partial charge in [0.05, 0.1) is 6.61 Å². The Kier molecular flexibility index (Phi) is 6.11. The van der Waals surface area contributed by atoms with Gasteiger partial charge in [-0.05, 0) is 31.2 Å². The summed E-state index contributed by atoms with van der Waals surface area (Å²) in [4.78, 5) is 12.8. The van der Waals surface area contributed by atoms with Gasteiger partial charge < -0.3 is 18.6 Å². The Morgan fingerprint density at radius 1 is 0.867 bits per heavy atom. The molecule has 0 amide bonds. The highest BCUT2D eigenvalue weighted by Crippen LogP contribution is 2.29. The molecule has 0 aliphatic heterocycles. The SMILES string of the molecule is CCOCc1c(C(=O)OCc2ccccc2Oc2ccccc2)oc2ccccc12. The molecule has 0 saturated heterocycles. The Bertz CT molecular complexity index is 1130. The van der Waals surface area contributed by atoms with Gasteiger partial charge in [-0.25, -0.2) is 4.79 Å². The van der Waals surface area contributed by atoms with Crippen molar-refractivity contribution in [2.75, 3.05) is 6.61 Å². The third-order valence-electron chi connectivity index (χ3n) is 4.64. The summed E-state index contributed by atoms with van der Waals surface area (Å²) < 4.78 is 22.8. The van der Waals surface area contributed by atoms with Gasteiger partial charge in [-0.2, -0.15) is 0 Å². The molecule has 1 heterocycles. The zero-order valence-electron chi connectivity index (χ0n) is 16.7. The van der Waals surface area contributed by atoms with Gasteiger partial charge >= 0.3 is 5.97 Å². The zero-order chi connectivity index (χ0) is 20.8. The van der Waals surface area contributed by atoms with E-state index < -0.39 is 5.97 Å². The maximum atomic E-state index is 12.8. The van der Waals surface area contributed by atoms with E-state index in [-0.39, 0.29) is 19.0 Å². The minimum Gasteiger partial charge on any atom is -0.457 e. The maximum Gasteiger partial charge on any atom is 0.374 e. The van der Waals surface area contributed by atoms with Crippen LogP contribution in [-0.2, 0) is 22.7 Å². The first-order chi connectivity index (χ1) is 14.8. The first kappa shape index (κ1) is 19.7. The van der Waals surface area contributed by atoms with Gasteiger partial charge in [0.1, 0.15) is 23.7 Å². The Labute approximate surface area is 174 Å². The molecule has 0 N–H and O–H groups in total. The number of hydrogen-bond acceptors (Lipinski definition) is 5. The van der Waals surface area contributed by atoms with E-state index in [1.54, 1.807) is 0 Å². The van der Waals surface area contributed by atoms with Gasteiger partial charge in [-0.1, -0.05) is 54.6 Å². The summed E-state index contributed by atoms with van der Waals surface area (Å²) in [5, 5.41) is 0.853. The van der Waals surface area contributed by atoms with Crippen LogP contribution in [0.2, 0.25) is 0 Å². The molecular formula is C25H22O5. The van der Waals surface area contributed by atoms with Gasteiger partial charge in [0.2, 0.25) is 5.76 Å². The van der Waals surface area contributed by atoms with Crippen molar-refractivity contribution in [3.63, 3.8) is 0 Å². The van der Waals surface area contributed by atoms with Crippen LogP contribution in [0.25, 0.3) is 11.0 Å². The number of ether oxygens (including phenoxy) is 3. The van der Waals surface area contributed by atoms with Crippen LogP contribution in [0.4, 0.5) is 0 Å².